The van der Waals surface area contributed by atoms with Crippen LogP contribution in [0.25, 0.3) is 11.3 Å². The number of hydrogen-bond donors (Lipinski definition) is 1. The van der Waals surface area contributed by atoms with Crippen molar-refractivity contribution in [2.75, 3.05) is 36.9 Å². The summed E-state index contributed by atoms with van der Waals surface area (Å²) >= 11 is 0. The minimum atomic E-state index is -0.217. The summed E-state index contributed by atoms with van der Waals surface area (Å²) in [6, 6.07) is 6.20. The van der Waals surface area contributed by atoms with Crippen LogP contribution in [0.1, 0.15) is 51.1 Å². The van der Waals surface area contributed by atoms with Crippen molar-refractivity contribution < 1.29 is 4.39 Å². The van der Waals surface area contributed by atoms with Crippen LogP contribution in [0.15, 0.2) is 36.8 Å². The zero-order valence-corrected chi connectivity index (χ0v) is 21.2. The summed E-state index contributed by atoms with van der Waals surface area (Å²) in [6.45, 7) is 9.14. The molecule has 1 saturated heterocycles. The number of benzene rings is 1. The first-order valence-electron chi connectivity index (χ1n) is 12.8. The van der Waals surface area contributed by atoms with E-state index >= 15 is 4.39 Å². The SMILES string of the molecule is Cc1cnc(Nc2ccc(N3CCC(N(C)CC4CC4)CC3)c(F)c2)nc1-c1cnn(C(C)C)c1. The quantitative estimate of drug-likeness (QED) is 0.467. The van der Waals surface area contributed by atoms with E-state index in [9.17, 15) is 0 Å². The predicted octanol–water partition coefficient (Wildman–Crippen LogP) is 5.42. The van der Waals surface area contributed by atoms with Crippen LogP contribution in [0.3, 0.4) is 0 Å². The van der Waals surface area contributed by atoms with Crippen molar-refractivity contribution in [2.24, 2.45) is 5.92 Å². The minimum Gasteiger partial charge on any atom is -0.369 e. The summed E-state index contributed by atoms with van der Waals surface area (Å²) in [5.41, 5.74) is 4.03. The van der Waals surface area contributed by atoms with E-state index in [0.717, 1.165) is 48.7 Å². The third-order valence-corrected chi connectivity index (χ3v) is 7.25. The van der Waals surface area contributed by atoms with E-state index in [1.54, 1.807) is 12.3 Å². The van der Waals surface area contributed by atoms with Gasteiger partial charge in [-0.05, 0) is 83.2 Å². The van der Waals surface area contributed by atoms with Crippen LogP contribution >= 0.6 is 0 Å². The molecule has 2 fully saturated rings. The monoisotopic (exact) mass is 477 g/mol. The van der Waals surface area contributed by atoms with E-state index in [1.165, 1.54) is 19.4 Å². The molecule has 1 aromatic carbocycles. The largest absolute Gasteiger partial charge is 0.369 e. The Morgan fingerprint density at radius 1 is 1.14 bits per heavy atom. The topological polar surface area (TPSA) is 62.1 Å². The highest BCUT2D eigenvalue weighted by Gasteiger charge is 2.29. The fourth-order valence-corrected chi connectivity index (χ4v) is 4.91. The van der Waals surface area contributed by atoms with Crippen molar-refractivity contribution in [3.05, 3.63) is 48.2 Å². The third kappa shape index (κ3) is 5.48. The fourth-order valence-electron chi connectivity index (χ4n) is 4.91. The molecule has 0 radical (unpaired) electrons. The molecule has 3 aromatic rings. The van der Waals surface area contributed by atoms with Crippen LogP contribution < -0.4 is 10.2 Å². The van der Waals surface area contributed by atoms with Gasteiger partial charge >= 0.3 is 0 Å². The predicted molar refractivity (Wildman–Crippen MR) is 139 cm³/mol. The van der Waals surface area contributed by atoms with Gasteiger partial charge in [0.05, 0.1) is 17.6 Å². The zero-order valence-electron chi connectivity index (χ0n) is 21.2. The number of aryl methyl sites for hydroxylation is 1. The van der Waals surface area contributed by atoms with Crippen molar-refractivity contribution in [3.63, 3.8) is 0 Å². The summed E-state index contributed by atoms with van der Waals surface area (Å²) in [5.74, 6) is 1.13. The van der Waals surface area contributed by atoms with Crippen LogP contribution in [0.4, 0.5) is 21.7 Å². The number of halogens is 1. The third-order valence-electron chi connectivity index (χ3n) is 7.25. The van der Waals surface area contributed by atoms with E-state index in [2.05, 4.69) is 51.1 Å². The molecule has 3 heterocycles. The zero-order chi connectivity index (χ0) is 24.5. The number of aromatic nitrogens is 4. The molecule has 0 atom stereocenters. The van der Waals surface area contributed by atoms with E-state index < -0.39 is 0 Å². The van der Waals surface area contributed by atoms with Crippen molar-refractivity contribution in [2.45, 2.75) is 58.5 Å². The number of piperidine rings is 1. The molecule has 5 rings (SSSR count). The first-order chi connectivity index (χ1) is 16.9. The number of rotatable bonds is 8. The standard InChI is InChI=1S/C27H36FN7/c1-18(2)35-17-21(15-30-35)26-19(3)14-29-27(32-26)31-22-7-8-25(24(28)13-22)34-11-9-23(10-12-34)33(4)16-20-5-6-20/h7-8,13-15,17-18,20,23H,5-6,9-12,16H2,1-4H3,(H,29,31,32). The highest BCUT2D eigenvalue weighted by Crippen LogP contribution is 2.32. The van der Waals surface area contributed by atoms with Crippen LogP contribution in [-0.2, 0) is 0 Å². The fraction of sp³-hybridized carbons (Fsp3) is 0.519. The van der Waals surface area contributed by atoms with Crippen LogP contribution in [0.2, 0.25) is 0 Å². The molecule has 0 bridgehead atoms. The highest BCUT2D eigenvalue weighted by atomic mass is 19.1. The van der Waals surface area contributed by atoms with Crippen LogP contribution in [0.5, 0.6) is 0 Å². The number of nitrogens with zero attached hydrogens (tertiary/aromatic N) is 6. The highest BCUT2D eigenvalue weighted by molar-refractivity contribution is 5.65. The number of anilines is 3. The lowest BCUT2D eigenvalue weighted by Gasteiger charge is -2.38. The Morgan fingerprint density at radius 3 is 2.57 bits per heavy atom. The van der Waals surface area contributed by atoms with E-state index in [4.69, 9.17) is 0 Å². The Morgan fingerprint density at radius 2 is 1.91 bits per heavy atom. The molecule has 2 aromatic heterocycles. The average molecular weight is 478 g/mol. The summed E-state index contributed by atoms with van der Waals surface area (Å²) in [7, 11) is 2.24. The van der Waals surface area contributed by atoms with Crippen molar-refractivity contribution in [3.8, 4) is 11.3 Å². The van der Waals surface area contributed by atoms with Gasteiger partial charge in [0, 0.05) is 55.4 Å². The maximum atomic E-state index is 15.1. The molecule has 1 saturated carbocycles. The molecule has 1 aliphatic heterocycles. The Hall–Kier alpha value is -3.00. The van der Waals surface area contributed by atoms with Crippen LogP contribution in [0, 0.1) is 18.7 Å². The van der Waals surface area contributed by atoms with Gasteiger partial charge in [0.2, 0.25) is 5.95 Å². The molecule has 0 unspecified atom stereocenters. The lowest BCUT2D eigenvalue weighted by atomic mass is 10.0. The maximum absolute atomic E-state index is 15.1. The van der Waals surface area contributed by atoms with Gasteiger partial charge < -0.3 is 15.1 Å². The second-order valence-corrected chi connectivity index (χ2v) is 10.4. The molecule has 2 aliphatic rings. The molecule has 35 heavy (non-hydrogen) atoms. The van der Waals surface area contributed by atoms with Gasteiger partial charge in [-0.1, -0.05) is 0 Å². The summed E-state index contributed by atoms with van der Waals surface area (Å²) in [5, 5.41) is 7.59. The molecule has 186 valence electrons. The van der Waals surface area contributed by atoms with Crippen LogP contribution in [-0.4, -0.2) is 57.4 Å². The number of hydrogen-bond acceptors (Lipinski definition) is 6. The first kappa shape index (κ1) is 23.7. The van der Waals surface area contributed by atoms with Gasteiger partial charge in [0.25, 0.3) is 0 Å². The van der Waals surface area contributed by atoms with E-state index in [1.807, 2.05) is 36.1 Å². The molecule has 7 nitrogen and oxygen atoms in total. The molecule has 0 amide bonds. The molecular weight excluding hydrogens is 441 g/mol. The van der Waals surface area contributed by atoms with Gasteiger partial charge in [-0.25, -0.2) is 14.4 Å². The van der Waals surface area contributed by atoms with E-state index in [0.29, 0.717) is 23.4 Å². The Labute approximate surface area is 207 Å². The minimum absolute atomic E-state index is 0.217. The van der Waals surface area contributed by atoms with Gasteiger partial charge in [0.1, 0.15) is 5.82 Å². The van der Waals surface area contributed by atoms with Gasteiger partial charge in [-0.15, -0.1) is 0 Å². The van der Waals surface area contributed by atoms with Crippen molar-refractivity contribution in [1.29, 1.82) is 0 Å². The average Bonchev–Trinajstić information content (AvgIpc) is 3.51. The smallest absolute Gasteiger partial charge is 0.227 e. The first-order valence-corrected chi connectivity index (χ1v) is 12.8. The Balaban J connectivity index is 1.24. The lowest BCUT2D eigenvalue weighted by molar-refractivity contribution is 0.200. The molecule has 1 aliphatic carbocycles. The maximum Gasteiger partial charge on any atom is 0.227 e. The Bertz CT molecular complexity index is 1160. The molecule has 8 heteroatoms. The summed E-state index contributed by atoms with van der Waals surface area (Å²) < 4.78 is 17.0. The molecule has 0 spiro atoms. The number of nitrogens with one attached hydrogen (secondary N) is 1. The molecule has 1 N–H and O–H groups in total. The summed E-state index contributed by atoms with van der Waals surface area (Å²) in [4.78, 5) is 13.8. The van der Waals surface area contributed by atoms with Gasteiger partial charge in [-0.2, -0.15) is 5.10 Å². The van der Waals surface area contributed by atoms with Gasteiger partial charge in [-0.3, -0.25) is 4.68 Å². The van der Waals surface area contributed by atoms with Gasteiger partial charge in [0.15, 0.2) is 0 Å². The normalized spacial score (nSPS) is 16.9. The second kappa shape index (κ2) is 9.93. The van der Waals surface area contributed by atoms with Crippen molar-refractivity contribution in [1.82, 2.24) is 24.6 Å². The molecular formula is C27H36FN7. The second-order valence-electron chi connectivity index (χ2n) is 10.4. The van der Waals surface area contributed by atoms with Crippen molar-refractivity contribution >= 4 is 17.3 Å². The summed E-state index contributed by atoms with van der Waals surface area (Å²) in [6.07, 6.45) is 10.5. The lowest BCUT2D eigenvalue weighted by Crippen LogP contribution is -2.44. The van der Waals surface area contributed by atoms with E-state index in [-0.39, 0.29) is 11.9 Å². The Kier molecular flexibility index (Phi) is 6.73.